The Bertz CT molecular complexity index is 657. The Labute approximate surface area is 136 Å². The molecule has 0 bridgehead atoms. The van der Waals surface area contributed by atoms with Crippen molar-refractivity contribution in [1.82, 2.24) is 0 Å². The molecule has 0 unspecified atom stereocenters. The van der Waals surface area contributed by atoms with Crippen LogP contribution >= 0.6 is 31.9 Å². The zero-order valence-electron chi connectivity index (χ0n) is 10.5. The molecule has 2 heteroatoms. The molecular weight excluding hydrogens is 377 g/mol. The first-order valence-corrected chi connectivity index (χ1v) is 7.54. The first-order valence-electron chi connectivity index (χ1n) is 5.95. The van der Waals surface area contributed by atoms with Crippen molar-refractivity contribution < 1.29 is 0 Å². The van der Waals surface area contributed by atoms with Crippen LogP contribution in [0.15, 0.2) is 69.6 Å². The van der Waals surface area contributed by atoms with Gasteiger partial charge in [-0.2, -0.15) is 0 Å². The van der Waals surface area contributed by atoms with Gasteiger partial charge < -0.3 is 0 Å². The molecule has 2 aromatic carbocycles. The third kappa shape index (κ3) is 4.74. The van der Waals surface area contributed by atoms with Gasteiger partial charge in [0.05, 0.1) is 8.96 Å². The van der Waals surface area contributed by atoms with Crippen LogP contribution in [-0.4, -0.2) is 0 Å². The molecular formula is C18H10Br2. The predicted octanol–water partition coefficient (Wildman–Crippen LogP) is 5.09. The lowest BCUT2D eigenvalue weighted by molar-refractivity contribution is 1.64. The van der Waals surface area contributed by atoms with Crippen molar-refractivity contribution in [3.63, 3.8) is 0 Å². The van der Waals surface area contributed by atoms with E-state index in [4.69, 9.17) is 0 Å². The number of hydrogen-bond acceptors (Lipinski definition) is 0. The van der Waals surface area contributed by atoms with Crippen molar-refractivity contribution in [2.75, 3.05) is 0 Å². The third-order valence-corrected chi connectivity index (χ3v) is 3.19. The van der Waals surface area contributed by atoms with Crippen molar-refractivity contribution in [3.8, 4) is 23.7 Å². The first kappa shape index (κ1) is 14.7. The molecule has 0 radical (unpaired) electrons. The van der Waals surface area contributed by atoms with Gasteiger partial charge >= 0.3 is 0 Å². The standard InChI is InChI=1S/C18H10Br2/c19-18(20)17(13-11-15-7-3-1-4-8-15)14-12-16-9-5-2-6-10-16/h1-10H/i18+1. The van der Waals surface area contributed by atoms with Gasteiger partial charge in [0, 0.05) is 11.1 Å². The molecule has 2 rings (SSSR count). The van der Waals surface area contributed by atoms with E-state index in [1.54, 1.807) is 0 Å². The van der Waals surface area contributed by atoms with Crippen LogP contribution in [0.3, 0.4) is 0 Å². The molecule has 0 aliphatic carbocycles. The summed E-state index contributed by atoms with van der Waals surface area (Å²) in [6, 6.07) is 19.7. The van der Waals surface area contributed by atoms with E-state index >= 15 is 0 Å². The van der Waals surface area contributed by atoms with Gasteiger partial charge in [-0.15, -0.1) is 0 Å². The zero-order chi connectivity index (χ0) is 14.2. The van der Waals surface area contributed by atoms with Crippen molar-refractivity contribution in [2.24, 2.45) is 0 Å². The summed E-state index contributed by atoms with van der Waals surface area (Å²) >= 11 is 6.76. The Hall–Kier alpha value is -1.74. The summed E-state index contributed by atoms with van der Waals surface area (Å²) in [5.41, 5.74) is 2.65. The Morgan fingerprint density at radius 2 is 1.05 bits per heavy atom. The highest BCUT2D eigenvalue weighted by molar-refractivity contribution is 9.28. The molecule has 0 spiro atoms. The Morgan fingerprint density at radius 1 is 0.650 bits per heavy atom. The van der Waals surface area contributed by atoms with Gasteiger partial charge in [-0.05, 0) is 56.1 Å². The number of hydrogen-bond donors (Lipinski definition) is 0. The molecule has 20 heavy (non-hydrogen) atoms. The molecule has 0 N–H and O–H groups in total. The molecule has 0 saturated carbocycles. The molecule has 0 saturated heterocycles. The molecule has 0 heterocycles. The lowest BCUT2D eigenvalue weighted by Gasteiger charge is -1.90. The maximum atomic E-state index is 3.38. The van der Waals surface area contributed by atoms with Crippen molar-refractivity contribution >= 4 is 31.9 Å². The molecule has 0 aliphatic heterocycles. The minimum absolute atomic E-state index is 0.720. The maximum Gasteiger partial charge on any atom is 0.0963 e. The quantitative estimate of drug-likeness (QED) is 0.437. The van der Waals surface area contributed by atoms with E-state index in [9.17, 15) is 0 Å². The smallest absolute Gasteiger partial charge is 0.0622 e. The average molecular weight is 387 g/mol. The van der Waals surface area contributed by atoms with Crippen molar-refractivity contribution in [3.05, 3.63) is 80.8 Å². The lowest BCUT2D eigenvalue weighted by Crippen LogP contribution is -1.78. The van der Waals surface area contributed by atoms with Crippen molar-refractivity contribution in [1.29, 1.82) is 0 Å². The zero-order valence-corrected chi connectivity index (χ0v) is 13.7. The Kier molecular flexibility index (Phi) is 5.69. The molecule has 2 aromatic rings. The summed E-state index contributed by atoms with van der Waals surface area (Å²) in [5.74, 6) is 12.3. The van der Waals surface area contributed by atoms with E-state index in [2.05, 4.69) is 55.5 Å². The SMILES string of the molecule is Br[13C](Br)=C(C#Cc1ccccc1)C#Cc1ccccc1. The summed E-state index contributed by atoms with van der Waals surface area (Å²) in [6.07, 6.45) is 0. The van der Waals surface area contributed by atoms with Crippen LogP contribution in [0.2, 0.25) is 0 Å². The fourth-order valence-corrected chi connectivity index (χ4v) is 1.83. The first-order chi connectivity index (χ1) is 9.75. The molecule has 0 aromatic heterocycles. The molecule has 0 atom stereocenters. The predicted molar refractivity (Wildman–Crippen MR) is 91.5 cm³/mol. The Balaban J connectivity index is 2.26. The van der Waals surface area contributed by atoms with Gasteiger partial charge in [0.2, 0.25) is 0 Å². The number of rotatable bonds is 0. The average Bonchev–Trinajstić information content (AvgIpc) is 2.49. The van der Waals surface area contributed by atoms with Crippen LogP contribution in [-0.2, 0) is 0 Å². The molecule has 0 aliphatic rings. The highest BCUT2D eigenvalue weighted by Gasteiger charge is 1.94. The van der Waals surface area contributed by atoms with E-state index < -0.39 is 0 Å². The monoisotopic (exact) mass is 385 g/mol. The molecule has 0 amide bonds. The van der Waals surface area contributed by atoms with Crippen LogP contribution in [0, 0.1) is 23.7 Å². The van der Waals surface area contributed by atoms with Gasteiger partial charge in [-0.3, -0.25) is 0 Å². The summed E-state index contributed by atoms with van der Waals surface area (Å²) in [5, 5.41) is 0. The summed E-state index contributed by atoms with van der Waals surface area (Å²) < 4.78 is 0.761. The van der Waals surface area contributed by atoms with E-state index in [-0.39, 0.29) is 0 Å². The van der Waals surface area contributed by atoms with Gasteiger partial charge in [0.1, 0.15) is 0 Å². The van der Waals surface area contributed by atoms with E-state index in [0.717, 1.165) is 20.1 Å². The summed E-state index contributed by atoms with van der Waals surface area (Å²) in [7, 11) is 0. The number of benzene rings is 2. The third-order valence-electron chi connectivity index (χ3n) is 2.40. The fraction of sp³-hybridized carbons (Fsp3) is 0. The van der Waals surface area contributed by atoms with Gasteiger partial charge in [-0.25, -0.2) is 0 Å². The highest BCUT2D eigenvalue weighted by Crippen LogP contribution is 2.18. The Morgan fingerprint density at radius 3 is 1.40 bits per heavy atom. The van der Waals surface area contributed by atoms with E-state index in [1.807, 2.05) is 60.7 Å². The normalized spacial score (nSPS) is 8.70. The van der Waals surface area contributed by atoms with Crippen LogP contribution in [0.4, 0.5) is 0 Å². The molecule has 0 fully saturated rings. The van der Waals surface area contributed by atoms with E-state index in [0.29, 0.717) is 0 Å². The van der Waals surface area contributed by atoms with Crippen LogP contribution in [0.1, 0.15) is 11.1 Å². The highest BCUT2D eigenvalue weighted by atomic mass is 79.9. The fourth-order valence-electron chi connectivity index (χ4n) is 1.44. The van der Waals surface area contributed by atoms with Gasteiger partial charge in [0.25, 0.3) is 0 Å². The number of halogens is 2. The summed E-state index contributed by atoms with van der Waals surface area (Å²) in [6.45, 7) is 0. The van der Waals surface area contributed by atoms with Crippen LogP contribution < -0.4 is 0 Å². The maximum absolute atomic E-state index is 3.38. The molecule has 96 valence electrons. The molecule has 0 nitrogen and oxygen atoms in total. The van der Waals surface area contributed by atoms with Gasteiger partial charge in [0.15, 0.2) is 0 Å². The van der Waals surface area contributed by atoms with E-state index in [1.165, 1.54) is 0 Å². The topological polar surface area (TPSA) is 0 Å². The minimum Gasteiger partial charge on any atom is -0.0622 e. The number of allylic oxidation sites excluding steroid dienone is 1. The van der Waals surface area contributed by atoms with Crippen LogP contribution in [0.25, 0.3) is 0 Å². The lowest BCUT2D eigenvalue weighted by atomic mass is 10.2. The van der Waals surface area contributed by atoms with Crippen LogP contribution in [0.5, 0.6) is 0 Å². The second-order valence-corrected chi connectivity index (χ2v) is 6.52. The summed E-state index contributed by atoms with van der Waals surface area (Å²) in [4.78, 5) is 0. The second-order valence-electron chi connectivity index (χ2n) is 3.87. The largest absolute Gasteiger partial charge is 0.0963 e. The second kappa shape index (κ2) is 7.75. The van der Waals surface area contributed by atoms with Gasteiger partial charge in [-0.1, -0.05) is 60.1 Å². The van der Waals surface area contributed by atoms with Crippen molar-refractivity contribution in [2.45, 2.75) is 0 Å². The minimum atomic E-state index is 0.720.